The van der Waals surface area contributed by atoms with Crippen molar-refractivity contribution in [3.63, 3.8) is 0 Å². The number of carbonyl (C=O) groups is 3. The second kappa shape index (κ2) is 8.25. The first-order valence-corrected chi connectivity index (χ1v) is 8.63. The number of hydrogen-bond acceptors (Lipinski definition) is 5. The molecule has 1 aromatic rings. The van der Waals surface area contributed by atoms with Crippen LogP contribution in [-0.4, -0.2) is 66.5 Å². The zero-order valence-electron chi connectivity index (χ0n) is 13.9. The van der Waals surface area contributed by atoms with Crippen LogP contribution in [0.15, 0.2) is 11.4 Å². The maximum Gasteiger partial charge on any atom is 0.306 e. The van der Waals surface area contributed by atoms with E-state index in [0.29, 0.717) is 37.4 Å². The van der Waals surface area contributed by atoms with Gasteiger partial charge >= 0.3 is 5.97 Å². The number of aliphatic carboxylic acids is 1. The summed E-state index contributed by atoms with van der Waals surface area (Å²) in [6.07, 6.45) is 0.920. The summed E-state index contributed by atoms with van der Waals surface area (Å²) in [7, 11) is 3.17. The van der Waals surface area contributed by atoms with Gasteiger partial charge < -0.3 is 19.6 Å². The van der Waals surface area contributed by atoms with Crippen molar-refractivity contribution in [1.29, 1.82) is 0 Å². The highest BCUT2D eigenvalue weighted by molar-refractivity contribution is 7.12. The third kappa shape index (κ3) is 4.33. The second-order valence-electron chi connectivity index (χ2n) is 5.86. The van der Waals surface area contributed by atoms with Gasteiger partial charge in [-0.3, -0.25) is 14.4 Å². The van der Waals surface area contributed by atoms with Crippen molar-refractivity contribution in [2.24, 2.45) is 5.92 Å². The van der Waals surface area contributed by atoms with Gasteiger partial charge in [-0.15, -0.1) is 11.3 Å². The third-order valence-corrected chi connectivity index (χ3v) is 5.10. The predicted molar refractivity (Wildman–Crippen MR) is 88.9 cm³/mol. The molecule has 0 spiro atoms. The highest BCUT2D eigenvalue weighted by Crippen LogP contribution is 2.20. The lowest BCUT2D eigenvalue weighted by molar-refractivity contribution is -0.145. The van der Waals surface area contributed by atoms with Gasteiger partial charge in [0.25, 0.3) is 5.91 Å². The standard InChI is InChI=1S/C16H22N2O5S/c1-17(15(20)14-12(10-23-2)5-8-24-14)9-13(19)18-6-3-11(4-7-18)16(21)22/h5,8,11H,3-4,6-7,9-10H2,1-2H3,(H,21,22). The van der Waals surface area contributed by atoms with Crippen LogP contribution < -0.4 is 0 Å². The van der Waals surface area contributed by atoms with Crippen LogP contribution in [0.1, 0.15) is 28.1 Å². The molecule has 1 saturated heterocycles. The molecule has 2 amide bonds. The molecule has 1 fully saturated rings. The van der Waals surface area contributed by atoms with E-state index >= 15 is 0 Å². The number of methoxy groups -OCH3 is 1. The Labute approximate surface area is 144 Å². The minimum absolute atomic E-state index is 0.0130. The van der Waals surface area contributed by atoms with Crippen LogP contribution in [0.25, 0.3) is 0 Å². The Morgan fingerprint density at radius 2 is 2.04 bits per heavy atom. The highest BCUT2D eigenvalue weighted by atomic mass is 32.1. The fourth-order valence-corrected chi connectivity index (χ4v) is 3.62. The van der Waals surface area contributed by atoms with Gasteiger partial charge in [-0.05, 0) is 24.3 Å². The van der Waals surface area contributed by atoms with Gasteiger partial charge in [-0.1, -0.05) is 0 Å². The van der Waals surface area contributed by atoms with Crippen LogP contribution in [0.4, 0.5) is 0 Å². The monoisotopic (exact) mass is 354 g/mol. The van der Waals surface area contributed by atoms with Crippen molar-refractivity contribution in [2.45, 2.75) is 19.4 Å². The van der Waals surface area contributed by atoms with E-state index in [0.717, 1.165) is 5.56 Å². The quantitative estimate of drug-likeness (QED) is 0.832. The Kier molecular flexibility index (Phi) is 6.33. The molecule has 132 valence electrons. The Bertz CT molecular complexity index is 607. The molecule has 2 rings (SSSR count). The van der Waals surface area contributed by atoms with Crippen molar-refractivity contribution >= 4 is 29.1 Å². The van der Waals surface area contributed by atoms with E-state index in [1.165, 1.54) is 16.2 Å². The number of nitrogens with zero attached hydrogens (tertiary/aromatic N) is 2. The number of hydrogen-bond donors (Lipinski definition) is 1. The molecule has 1 N–H and O–H groups in total. The van der Waals surface area contributed by atoms with Gasteiger partial charge in [-0.25, -0.2) is 0 Å². The summed E-state index contributed by atoms with van der Waals surface area (Å²) in [6.45, 7) is 1.19. The first-order chi connectivity index (χ1) is 11.4. The number of likely N-dealkylation sites (tertiary alicyclic amines) is 1. The minimum atomic E-state index is -0.808. The number of thiophene rings is 1. The molecule has 7 nitrogen and oxygen atoms in total. The Morgan fingerprint density at radius 1 is 1.38 bits per heavy atom. The summed E-state index contributed by atoms with van der Waals surface area (Å²) in [5, 5.41) is 10.8. The van der Waals surface area contributed by atoms with Gasteiger partial charge in [0.05, 0.1) is 23.9 Å². The van der Waals surface area contributed by atoms with E-state index in [4.69, 9.17) is 9.84 Å². The van der Waals surface area contributed by atoms with Crippen molar-refractivity contribution in [2.75, 3.05) is 33.8 Å². The lowest BCUT2D eigenvalue weighted by Gasteiger charge is -2.31. The molecule has 1 aliphatic rings. The van der Waals surface area contributed by atoms with Crippen LogP contribution in [0.3, 0.4) is 0 Å². The average Bonchev–Trinajstić information content (AvgIpc) is 3.02. The van der Waals surface area contributed by atoms with Gasteiger partial charge in [0.2, 0.25) is 5.91 Å². The highest BCUT2D eigenvalue weighted by Gasteiger charge is 2.28. The maximum atomic E-state index is 12.5. The molecule has 0 saturated carbocycles. The van der Waals surface area contributed by atoms with E-state index < -0.39 is 5.97 Å². The molecule has 1 aromatic heterocycles. The summed E-state index contributed by atoms with van der Waals surface area (Å²) in [5.74, 6) is -1.54. The molecule has 1 aliphatic heterocycles. The molecule has 0 bridgehead atoms. The maximum absolute atomic E-state index is 12.5. The summed E-state index contributed by atoms with van der Waals surface area (Å²) in [6, 6.07) is 1.84. The van der Waals surface area contributed by atoms with Crippen LogP contribution in [-0.2, 0) is 20.9 Å². The minimum Gasteiger partial charge on any atom is -0.481 e. The first kappa shape index (κ1) is 18.4. The number of amides is 2. The zero-order chi connectivity index (χ0) is 17.7. The fourth-order valence-electron chi connectivity index (χ4n) is 2.72. The second-order valence-corrected chi connectivity index (χ2v) is 6.78. The molecule has 2 heterocycles. The number of likely N-dealkylation sites (N-methyl/N-ethyl adjacent to an activating group) is 1. The number of carboxylic acid groups (broad SMARTS) is 1. The zero-order valence-corrected chi connectivity index (χ0v) is 14.7. The van der Waals surface area contributed by atoms with Crippen LogP contribution in [0, 0.1) is 5.92 Å². The molecule has 24 heavy (non-hydrogen) atoms. The Balaban J connectivity index is 1.90. The summed E-state index contributed by atoms with van der Waals surface area (Å²) in [5.41, 5.74) is 0.814. The topological polar surface area (TPSA) is 87.2 Å². The van der Waals surface area contributed by atoms with Crippen LogP contribution >= 0.6 is 11.3 Å². The SMILES string of the molecule is COCc1ccsc1C(=O)N(C)CC(=O)N1CCC(C(=O)O)CC1. The molecule has 0 unspecified atom stereocenters. The number of piperidine rings is 1. The summed E-state index contributed by atoms with van der Waals surface area (Å²) in [4.78, 5) is 39.4. The number of rotatable bonds is 6. The van der Waals surface area contributed by atoms with E-state index in [1.807, 2.05) is 11.4 Å². The van der Waals surface area contributed by atoms with Crippen LogP contribution in [0.5, 0.6) is 0 Å². The molecule has 0 aromatic carbocycles. The third-order valence-electron chi connectivity index (χ3n) is 4.16. The number of carbonyl (C=O) groups excluding carboxylic acids is 2. The smallest absolute Gasteiger partial charge is 0.306 e. The molecular weight excluding hydrogens is 332 g/mol. The van der Waals surface area contributed by atoms with Crippen molar-refractivity contribution in [1.82, 2.24) is 9.80 Å². The Hall–Kier alpha value is -1.93. The average molecular weight is 354 g/mol. The molecular formula is C16H22N2O5S. The first-order valence-electron chi connectivity index (χ1n) is 7.75. The molecule has 8 heteroatoms. The van der Waals surface area contributed by atoms with E-state index in [9.17, 15) is 14.4 Å². The van der Waals surface area contributed by atoms with E-state index in [-0.39, 0.29) is 24.3 Å². The normalized spacial score (nSPS) is 15.3. The van der Waals surface area contributed by atoms with Gasteiger partial charge in [-0.2, -0.15) is 0 Å². The van der Waals surface area contributed by atoms with Crippen molar-refractivity contribution < 1.29 is 24.2 Å². The van der Waals surface area contributed by atoms with Crippen molar-refractivity contribution in [3.05, 3.63) is 21.9 Å². The van der Waals surface area contributed by atoms with Gasteiger partial charge in [0.15, 0.2) is 0 Å². The molecule has 0 atom stereocenters. The predicted octanol–water partition coefficient (Wildman–Crippen LogP) is 1.29. The molecule has 0 radical (unpaired) electrons. The van der Waals surface area contributed by atoms with E-state index in [2.05, 4.69) is 0 Å². The van der Waals surface area contributed by atoms with Gasteiger partial charge in [0.1, 0.15) is 0 Å². The summed E-state index contributed by atoms with van der Waals surface area (Å²) >= 11 is 1.33. The van der Waals surface area contributed by atoms with Crippen LogP contribution in [0.2, 0.25) is 0 Å². The Morgan fingerprint density at radius 3 is 2.62 bits per heavy atom. The largest absolute Gasteiger partial charge is 0.481 e. The lowest BCUT2D eigenvalue weighted by atomic mass is 9.97. The number of carboxylic acids is 1. The molecule has 0 aliphatic carbocycles. The number of ether oxygens (including phenoxy) is 1. The summed E-state index contributed by atoms with van der Waals surface area (Å²) < 4.78 is 5.08. The van der Waals surface area contributed by atoms with E-state index in [1.54, 1.807) is 19.1 Å². The van der Waals surface area contributed by atoms with Crippen molar-refractivity contribution in [3.8, 4) is 0 Å². The van der Waals surface area contributed by atoms with Gasteiger partial charge in [0, 0.05) is 32.8 Å². The lowest BCUT2D eigenvalue weighted by Crippen LogP contribution is -2.45. The fraction of sp³-hybridized carbons (Fsp3) is 0.562.